The van der Waals surface area contributed by atoms with E-state index in [0.29, 0.717) is 5.75 Å². The van der Waals surface area contributed by atoms with Crippen molar-refractivity contribution in [3.63, 3.8) is 0 Å². The van der Waals surface area contributed by atoms with Crippen LogP contribution in [0.25, 0.3) is 10.9 Å². The maximum absolute atomic E-state index is 11.2. The molecule has 0 aliphatic rings. The summed E-state index contributed by atoms with van der Waals surface area (Å²) in [5.41, 5.74) is 0.740. The lowest BCUT2D eigenvalue weighted by molar-refractivity contribution is -0.140. The number of ether oxygens (including phenoxy) is 1. The lowest BCUT2D eigenvalue weighted by atomic mass is 10.2. The highest BCUT2D eigenvalue weighted by molar-refractivity contribution is 5.84. The summed E-state index contributed by atoms with van der Waals surface area (Å²) < 4.78 is 5.64. The Bertz CT molecular complexity index is 593. The van der Waals surface area contributed by atoms with Crippen molar-refractivity contribution < 1.29 is 14.6 Å². The molecule has 0 radical (unpaired) electrons. The molecule has 0 amide bonds. The van der Waals surface area contributed by atoms with Crippen LogP contribution in [0.5, 0.6) is 5.75 Å². The van der Waals surface area contributed by atoms with Gasteiger partial charge in [-0.3, -0.25) is 15.1 Å². The van der Waals surface area contributed by atoms with Gasteiger partial charge in [-0.15, -0.1) is 0 Å². The van der Waals surface area contributed by atoms with Crippen molar-refractivity contribution in [2.75, 3.05) is 6.61 Å². The number of carbonyl (C=O) groups is 1. The van der Waals surface area contributed by atoms with E-state index < -0.39 is 12.0 Å². The third-order valence-corrected chi connectivity index (χ3v) is 2.83. The second kappa shape index (κ2) is 6.34. The summed E-state index contributed by atoms with van der Waals surface area (Å²) in [5.74, 6) is -0.327. The predicted molar refractivity (Wildman–Crippen MR) is 76.9 cm³/mol. The zero-order valence-electron chi connectivity index (χ0n) is 11.5. The lowest BCUT2D eigenvalue weighted by Crippen LogP contribution is -2.44. The largest absolute Gasteiger partial charge is 0.489 e. The lowest BCUT2D eigenvalue weighted by Gasteiger charge is -2.18. The van der Waals surface area contributed by atoms with Crippen LogP contribution in [0.3, 0.4) is 0 Å². The van der Waals surface area contributed by atoms with E-state index in [9.17, 15) is 4.79 Å². The second-order valence-electron chi connectivity index (χ2n) is 4.85. The number of fused-ring (bicyclic) bond motifs is 1. The van der Waals surface area contributed by atoms with Gasteiger partial charge >= 0.3 is 5.97 Å². The van der Waals surface area contributed by atoms with Gasteiger partial charge in [0.15, 0.2) is 0 Å². The van der Waals surface area contributed by atoms with Gasteiger partial charge in [0.05, 0.1) is 0 Å². The van der Waals surface area contributed by atoms with Gasteiger partial charge in [-0.25, -0.2) is 0 Å². The molecular formula is C15H18N2O3. The normalized spacial score (nSPS) is 12.6. The summed E-state index contributed by atoms with van der Waals surface area (Å²) in [6, 6.07) is 8.73. The van der Waals surface area contributed by atoms with Crippen LogP contribution in [0.4, 0.5) is 0 Å². The molecular weight excluding hydrogens is 256 g/mol. The first-order valence-corrected chi connectivity index (χ1v) is 6.53. The van der Waals surface area contributed by atoms with Crippen LogP contribution >= 0.6 is 0 Å². The fourth-order valence-electron chi connectivity index (χ4n) is 1.96. The molecule has 20 heavy (non-hydrogen) atoms. The third-order valence-electron chi connectivity index (χ3n) is 2.83. The molecule has 1 aromatic heterocycles. The molecule has 1 atom stereocenters. The summed E-state index contributed by atoms with van der Waals surface area (Å²) in [4.78, 5) is 15.4. The highest BCUT2D eigenvalue weighted by Crippen LogP contribution is 2.22. The molecule has 0 spiro atoms. The fourth-order valence-corrected chi connectivity index (χ4v) is 1.96. The average molecular weight is 274 g/mol. The van der Waals surface area contributed by atoms with E-state index in [0.717, 1.165) is 10.9 Å². The standard InChI is InChI=1S/C15H18N2O3/c1-10(2)17-12(15(18)19)9-20-13-7-3-5-11-6-4-8-16-14(11)13/h3-8,10,12,17H,9H2,1-2H3,(H,18,19). The van der Waals surface area contributed by atoms with Crippen molar-refractivity contribution in [2.45, 2.75) is 25.9 Å². The highest BCUT2D eigenvalue weighted by atomic mass is 16.5. The van der Waals surface area contributed by atoms with Gasteiger partial charge in [-0.1, -0.05) is 32.0 Å². The molecule has 1 heterocycles. The summed E-state index contributed by atoms with van der Waals surface area (Å²) in [6.07, 6.45) is 1.69. The Labute approximate surface area is 117 Å². The number of nitrogens with one attached hydrogen (secondary N) is 1. The van der Waals surface area contributed by atoms with Gasteiger partial charge in [0.1, 0.15) is 23.9 Å². The number of aromatic nitrogens is 1. The third kappa shape index (κ3) is 3.45. The van der Waals surface area contributed by atoms with Gasteiger partial charge in [-0.2, -0.15) is 0 Å². The Hall–Kier alpha value is -2.14. The van der Waals surface area contributed by atoms with Gasteiger partial charge in [0.25, 0.3) is 0 Å². The molecule has 2 N–H and O–H groups in total. The monoisotopic (exact) mass is 274 g/mol. The number of hydrogen-bond acceptors (Lipinski definition) is 4. The number of para-hydroxylation sites is 1. The van der Waals surface area contributed by atoms with E-state index in [2.05, 4.69) is 10.3 Å². The molecule has 0 saturated heterocycles. The van der Waals surface area contributed by atoms with Crippen LogP contribution in [0.1, 0.15) is 13.8 Å². The second-order valence-corrected chi connectivity index (χ2v) is 4.85. The van der Waals surface area contributed by atoms with E-state index in [1.165, 1.54) is 0 Å². The molecule has 2 aromatic rings. The molecule has 0 fully saturated rings. The SMILES string of the molecule is CC(C)NC(COc1cccc2cccnc12)C(=O)O. The van der Waals surface area contributed by atoms with Gasteiger partial charge in [0, 0.05) is 17.6 Å². The summed E-state index contributed by atoms with van der Waals surface area (Å²) >= 11 is 0. The molecule has 0 saturated carbocycles. The molecule has 0 aliphatic heterocycles. The van der Waals surface area contributed by atoms with E-state index in [-0.39, 0.29) is 12.6 Å². The van der Waals surface area contributed by atoms with Crippen molar-refractivity contribution >= 4 is 16.9 Å². The summed E-state index contributed by atoms with van der Waals surface area (Å²) in [7, 11) is 0. The molecule has 5 heteroatoms. The minimum Gasteiger partial charge on any atom is -0.489 e. The van der Waals surface area contributed by atoms with Crippen LogP contribution in [0.2, 0.25) is 0 Å². The minimum atomic E-state index is -0.924. The van der Waals surface area contributed by atoms with E-state index in [1.54, 1.807) is 12.3 Å². The quantitative estimate of drug-likeness (QED) is 0.843. The molecule has 106 valence electrons. The number of hydrogen-bond donors (Lipinski definition) is 2. The number of rotatable bonds is 6. The Kier molecular flexibility index (Phi) is 4.53. The smallest absolute Gasteiger partial charge is 0.324 e. The van der Waals surface area contributed by atoms with E-state index >= 15 is 0 Å². The highest BCUT2D eigenvalue weighted by Gasteiger charge is 2.19. The number of pyridine rings is 1. The average Bonchev–Trinajstić information content (AvgIpc) is 2.42. The number of nitrogens with zero attached hydrogens (tertiary/aromatic N) is 1. The van der Waals surface area contributed by atoms with E-state index in [4.69, 9.17) is 9.84 Å². The fraction of sp³-hybridized carbons (Fsp3) is 0.333. The summed E-state index contributed by atoms with van der Waals surface area (Å²) in [5, 5.41) is 13.1. The maximum Gasteiger partial charge on any atom is 0.324 e. The number of carboxylic acid groups (broad SMARTS) is 1. The molecule has 1 aromatic carbocycles. The molecule has 0 bridgehead atoms. The number of aliphatic carboxylic acids is 1. The van der Waals surface area contributed by atoms with Crippen LogP contribution in [0, 0.1) is 0 Å². The Balaban J connectivity index is 2.13. The van der Waals surface area contributed by atoms with Crippen LogP contribution in [-0.4, -0.2) is 34.8 Å². The molecule has 0 aliphatic carbocycles. The first kappa shape index (κ1) is 14.3. The molecule has 1 unspecified atom stereocenters. The molecule has 5 nitrogen and oxygen atoms in total. The van der Waals surface area contributed by atoms with Gasteiger partial charge in [-0.05, 0) is 12.1 Å². The summed E-state index contributed by atoms with van der Waals surface area (Å²) in [6.45, 7) is 3.86. The van der Waals surface area contributed by atoms with Crippen molar-refractivity contribution in [3.8, 4) is 5.75 Å². The van der Waals surface area contributed by atoms with Crippen molar-refractivity contribution in [3.05, 3.63) is 36.5 Å². The molecule has 2 rings (SSSR count). The number of carboxylic acids is 1. The minimum absolute atomic E-state index is 0.0587. The zero-order valence-corrected chi connectivity index (χ0v) is 11.5. The maximum atomic E-state index is 11.2. The van der Waals surface area contributed by atoms with Crippen LogP contribution < -0.4 is 10.1 Å². The van der Waals surface area contributed by atoms with Gasteiger partial charge in [0.2, 0.25) is 0 Å². The predicted octanol–water partition coefficient (Wildman–Crippen LogP) is 2.06. The van der Waals surface area contributed by atoms with E-state index in [1.807, 2.05) is 38.1 Å². The van der Waals surface area contributed by atoms with Gasteiger partial charge < -0.3 is 9.84 Å². The van der Waals surface area contributed by atoms with Crippen LogP contribution in [-0.2, 0) is 4.79 Å². The number of benzene rings is 1. The Morgan fingerprint density at radius 2 is 2.10 bits per heavy atom. The van der Waals surface area contributed by atoms with Crippen molar-refractivity contribution in [1.29, 1.82) is 0 Å². The van der Waals surface area contributed by atoms with Crippen molar-refractivity contribution in [2.24, 2.45) is 0 Å². The first-order chi connectivity index (χ1) is 9.58. The van der Waals surface area contributed by atoms with Crippen LogP contribution in [0.15, 0.2) is 36.5 Å². The zero-order chi connectivity index (χ0) is 14.5. The first-order valence-electron chi connectivity index (χ1n) is 6.53. The van der Waals surface area contributed by atoms with Crippen molar-refractivity contribution in [1.82, 2.24) is 10.3 Å². The topological polar surface area (TPSA) is 71.5 Å². The Morgan fingerprint density at radius 3 is 2.80 bits per heavy atom. The Morgan fingerprint density at radius 1 is 1.35 bits per heavy atom.